The summed E-state index contributed by atoms with van der Waals surface area (Å²) in [5.74, 6) is -0.356. The number of rotatable bonds is 8. The van der Waals surface area contributed by atoms with E-state index in [2.05, 4.69) is 0 Å². The number of fused-ring (bicyclic) bond motifs is 1. The molecule has 10 heteroatoms. The number of hydrogen-bond acceptors (Lipinski definition) is 5. The second-order valence-electron chi connectivity index (χ2n) is 7.67. The summed E-state index contributed by atoms with van der Waals surface area (Å²) in [7, 11) is 1.43. The Hall–Kier alpha value is -4.21. The molecule has 0 radical (unpaired) electrons. The van der Waals surface area contributed by atoms with E-state index in [1.54, 1.807) is 36.4 Å². The van der Waals surface area contributed by atoms with Crippen LogP contribution in [0.3, 0.4) is 0 Å². The van der Waals surface area contributed by atoms with E-state index >= 15 is 0 Å². The highest BCUT2D eigenvalue weighted by molar-refractivity contribution is 6.10. The van der Waals surface area contributed by atoms with Crippen molar-refractivity contribution in [2.75, 3.05) is 18.6 Å². The summed E-state index contributed by atoms with van der Waals surface area (Å²) in [5, 5.41) is 8.78. The van der Waals surface area contributed by atoms with Crippen LogP contribution in [0.1, 0.15) is 27.0 Å². The van der Waals surface area contributed by atoms with Gasteiger partial charge in [0.25, 0.3) is 5.91 Å². The highest BCUT2D eigenvalue weighted by atomic mass is 19.4. The number of carbonyl (C=O) groups is 2. The third-order valence-corrected chi connectivity index (χ3v) is 5.40. The first-order chi connectivity index (χ1) is 16.7. The summed E-state index contributed by atoms with van der Waals surface area (Å²) in [5.41, 5.74) is 1.32. The quantitative estimate of drug-likeness (QED) is 0.486. The monoisotopic (exact) mass is 487 g/mol. The fraction of sp³-hybridized carbons (Fsp3) is 0.200. The fourth-order valence-corrected chi connectivity index (χ4v) is 3.70. The Morgan fingerprint density at radius 1 is 1.00 bits per heavy atom. The van der Waals surface area contributed by atoms with Crippen molar-refractivity contribution < 1.29 is 42.1 Å². The molecule has 7 nitrogen and oxygen atoms in total. The molecule has 0 spiro atoms. The molecule has 1 aliphatic heterocycles. The van der Waals surface area contributed by atoms with Gasteiger partial charge >= 0.3 is 12.1 Å². The van der Waals surface area contributed by atoms with E-state index in [9.17, 15) is 22.8 Å². The van der Waals surface area contributed by atoms with E-state index in [1.807, 2.05) is 0 Å². The molecule has 0 aliphatic carbocycles. The summed E-state index contributed by atoms with van der Waals surface area (Å²) in [6.45, 7) is -0.229. The van der Waals surface area contributed by atoms with Gasteiger partial charge in [0.05, 0.1) is 19.2 Å². The lowest BCUT2D eigenvalue weighted by Crippen LogP contribution is -2.23. The molecule has 0 aromatic heterocycles. The summed E-state index contributed by atoms with van der Waals surface area (Å²) in [6, 6.07) is 14.4. The molecule has 1 aliphatic rings. The highest BCUT2D eigenvalue weighted by Crippen LogP contribution is 2.36. The second-order valence-corrected chi connectivity index (χ2v) is 7.67. The molecule has 182 valence electrons. The Morgan fingerprint density at radius 3 is 2.40 bits per heavy atom. The van der Waals surface area contributed by atoms with Crippen LogP contribution in [0.5, 0.6) is 17.2 Å². The summed E-state index contributed by atoms with van der Waals surface area (Å²) >= 11 is 0. The molecule has 0 saturated carbocycles. The van der Waals surface area contributed by atoms with Gasteiger partial charge in [0, 0.05) is 16.8 Å². The van der Waals surface area contributed by atoms with Gasteiger partial charge in [-0.05, 0) is 54.1 Å². The predicted molar refractivity (Wildman–Crippen MR) is 119 cm³/mol. The van der Waals surface area contributed by atoms with Crippen LogP contribution in [0.15, 0.2) is 60.7 Å². The van der Waals surface area contributed by atoms with Crippen molar-refractivity contribution in [2.24, 2.45) is 0 Å². The maximum atomic E-state index is 12.9. The molecule has 1 amide bonds. The van der Waals surface area contributed by atoms with Gasteiger partial charge in [-0.1, -0.05) is 12.1 Å². The molecule has 4 rings (SSSR count). The van der Waals surface area contributed by atoms with Crippen LogP contribution in [-0.2, 0) is 24.1 Å². The van der Waals surface area contributed by atoms with Gasteiger partial charge in [-0.2, -0.15) is 13.2 Å². The van der Waals surface area contributed by atoms with Crippen LogP contribution in [0.4, 0.5) is 18.9 Å². The number of nitrogens with zero attached hydrogens (tertiary/aromatic N) is 1. The van der Waals surface area contributed by atoms with Gasteiger partial charge in [0.1, 0.15) is 12.4 Å². The molecule has 3 aromatic rings. The Labute approximate surface area is 198 Å². The number of methoxy groups -OCH3 is 1. The van der Waals surface area contributed by atoms with Crippen molar-refractivity contribution >= 4 is 17.6 Å². The lowest BCUT2D eigenvalue weighted by atomic mass is 10.1. The third-order valence-electron chi connectivity index (χ3n) is 5.40. The standard InChI is InChI=1S/C25H20F3NO6/c1-33-22-11-15(5-10-21(22)35-14-23(30)31)13-34-20-4-2-3-18-19(20)12-29(24(18)32)17-8-6-16(7-9-17)25(26,27)28/h2-11H,12-14H2,1H3,(H,30,31). The summed E-state index contributed by atoms with van der Waals surface area (Å²) < 4.78 is 55.0. The van der Waals surface area contributed by atoms with Crippen LogP contribution >= 0.6 is 0 Å². The molecule has 0 atom stereocenters. The average Bonchev–Trinajstić information content (AvgIpc) is 3.18. The molecule has 0 unspecified atom stereocenters. The van der Waals surface area contributed by atoms with Crippen molar-refractivity contribution in [3.05, 3.63) is 82.9 Å². The molecular formula is C25H20F3NO6. The largest absolute Gasteiger partial charge is 0.493 e. The maximum Gasteiger partial charge on any atom is 0.416 e. The zero-order chi connectivity index (χ0) is 25.2. The predicted octanol–water partition coefficient (Wildman–Crippen LogP) is 4.92. The van der Waals surface area contributed by atoms with Gasteiger partial charge in [-0.3, -0.25) is 4.79 Å². The third kappa shape index (κ3) is 5.16. The van der Waals surface area contributed by atoms with Crippen molar-refractivity contribution in [1.29, 1.82) is 0 Å². The minimum atomic E-state index is -4.46. The van der Waals surface area contributed by atoms with E-state index in [0.29, 0.717) is 33.9 Å². The lowest BCUT2D eigenvalue weighted by molar-refractivity contribution is -0.139. The number of anilines is 1. The van der Waals surface area contributed by atoms with Crippen molar-refractivity contribution in [1.82, 2.24) is 0 Å². The van der Waals surface area contributed by atoms with Crippen LogP contribution in [-0.4, -0.2) is 30.7 Å². The maximum absolute atomic E-state index is 12.9. The van der Waals surface area contributed by atoms with E-state index in [0.717, 1.165) is 12.1 Å². The SMILES string of the molecule is COc1cc(COc2cccc3c2CN(c2ccc(C(F)(F)F)cc2)C3=O)ccc1OCC(=O)O. The Balaban J connectivity index is 1.49. The van der Waals surface area contributed by atoms with Crippen molar-refractivity contribution in [2.45, 2.75) is 19.3 Å². The number of amides is 1. The first-order valence-electron chi connectivity index (χ1n) is 10.4. The smallest absolute Gasteiger partial charge is 0.416 e. The lowest BCUT2D eigenvalue weighted by Gasteiger charge is -2.17. The highest BCUT2D eigenvalue weighted by Gasteiger charge is 2.33. The van der Waals surface area contributed by atoms with Crippen molar-refractivity contribution in [3.63, 3.8) is 0 Å². The molecule has 1 heterocycles. The topological polar surface area (TPSA) is 85.3 Å². The molecule has 0 saturated heterocycles. The van der Waals surface area contributed by atoms with Crippen LogP contribution in [0.25, 0.3) is 0 Å². The van der Waals surface area contributed by atoms with Crippen LogP contribution in [0.2, 0.25) is 0 Å². The zero-order valence-corrected chi connectivity index (χ0v) is 18.5. The number of carboxylic acids is 1. The molecular weight excluding hydrogens is 467 g/mol. The molecule has 1 N–H and O–H groups in total. The minimum absolute atomic E-state index is 0.125. The Kier molecular flexibility index (Phi) is 6.54. The first kappa shape index (κ1) is 23.9. The molecule has 0 fully saturated rings. The van der Waals surface area contributed by atoms with Crippen LogP contribution < -0.4 is 19.1 Å². The number of ether oxygens (including phenoxy) is 3. The molecule has 35 heavy (non-hydrogen) atoms. The fourth-order valence-electron chi connectivity index (χ4n) is 3.70. The first-order valence-corrected chi connectivity index (χ1v) is 10.4. The van der Waals surface area contributed by atoms with Gasteiger partial charge in [-0.25, -0.2) is 4.79 Å². The van der Waals surface area contributed by atoms with Gasteiger partial charge in [0.15, 0.2) is 18.1 Å². The van der Waals surface area contributed by atoms with E-state index in [1.165, 1.54) is 24.1 Å². The van der Waals surface area contributed by atoms with Gasteiger partial charge < -0.3 is 24.2 Å². The number of aliphatic carboxylic acids is 1. The number of alkyl halides is 3. The number of hydrogen-bond donors (Lipinski definition) is 1. The average molecular weight is 487 g/mol. The number of carbonyl (C=O) groups excluding carboxylic acids is 1. The van der Waals surface area contributed by atoms with Crippen molar-refractivity contribution in [3.8, 4) is 17.2 Å². The summed E-state index contributed by atoms with van der Waals surface area (Å²) in [6.07, 6.45) is -4.46. The normalized spacial score (nSPS) is 12.9. The molecule has 3 aromatic carbocycles. The van der Waals surface area contributed by atoms with Crippen LogP contribution in [0, 0.1) is 0 Å². The zero-order valence-electron chi connectivity index (χ0n) is 18.5. The minimum Gasteiger partial charge on any atom is -0.493 e. The number of halogens is 3. The summed E-state index contributed by atoms with van der Waals surface area (Å²) in [4.78, 5) is 25.0. The molecule has 0 bridgehead atoms. The van der Waals surface area contributed by atoms with E-state index in [-0.39, 0.29) is 24.8 Å². The number of carboxylic acid groups (broad SMARTS) is 1. The number of benzene rings is 3. The van der Waals surface area contributed by atoms with Gasteiger partial charge in [-0.15, -0.1) is 0 Å². The second kappa shape index (κ2) is 9.57. The Bertz CT molecular complexity index is 1260. The Morgan fingerprint density at radius 2 is 1.74 bits per heavy atom. The van der Waals surface area contributed by atoms with E-state index < -0.39 is 24.3 Å². The van der Waals surface area contributed by atoms with E-state index in [4.69, 9.17) is 19.3 Å². The van der Waals surface area contributed by atoms with Gasteiger partial charge in [0.2, 0.25) is 0 Å².